The lowest BCUT2D eigenvalue weighted by molar-refractivity contribution is -0.148. The number of carbonyl (C=O) groups is 2. The highest BCUT2D eigenvalue weighted by molar-refractivity contribution is 7.52. The predicted octanol–water partition coefficient (Wildman–Crippen LogP) is 0.508. The third kappa shape index (κ3) is 4.74. The van der Waals surface area contributed by atoms with Gasteiger partial charge in [0.05, 0.1) is 17.5 Å². The number of carboxylic acid groups (broad SMARTS) is 2. The Morgan fingerprint density at radius 1 is 1.25 bits per heavy atom. The van der Waals surface area contributed by atoms with E-state index < -0.39 is 37.0 Å². The van der Waals surface area contributed by atoms with Crippen molar-refractivity contribution >= 4 is 19.5 Å². The molecular weight excluding hydrogens is 239 g/mol. The lowest BCUT2D eigenvalue weighted by atomic mass is 9.87. The summed E-state index contributed by atoms with van der Waals surface area (Å²) in [7, 11) is -4.61. The van der Waals surface area contributed by atoms with Crippen molar-refractivity contribution in [2.24, 2.45) is 5.41 Å². The van der Waals surface area contributed by atoms with Crippen LogP contribution in [0.25, 0.3) is 0 Å². The molecule has 0 spiro atoms. The minimum absolute atomic E-state index is 0.390. The van der Waals surface area contributed by atoms with Crippen molar-refractivity contribution in [2.45, 2.75) is 32.3 Å². The van der Waals surface area contributed by atoms with Gasteiger partial charge in [0.1, 0.15) is 0 Å². The summed E-state index contributed by atoms with van der Waals surface area (Å²) < 4.78 is 11.0. The monoisotopic (exact) mass is 254 g/mol. The van der Waals surface area contributed by atoms with Gasteiger partial charge in [0, 0.05) is 0 Å². The van der Waals surface area contributed by atoms with Crippen LogP contribution in [0.5, 0.6) is 0 Å². The van der Waals surface area contributed by atoms with E-state index in [1.54, 1.807) is 0 Å². The van der Waals surface area contributed by atoms with Crippen molar-refractivity contribution in [2.75, 3.05) is 0 Å². The van der Waals surface area contributed by atoms with Crippen LogP contribution in [0.2, 0.25) is 0 Å². The van der Waals surface area contributed by atoms with Crippen molar-refractivity contribution in [1.82, 2.24) is 0 Å². The van der Waals surface area contributed by atoms with E-state index in [1.165, 1.54) is 13.8 Å². The summed E-state index contributed by atoms with van der Waals surface area (Å²) in [4.78, 5) is 39.0. The van der Waals surface area contributed by atoms with Gasteiger partial charge in [0.25, 0.3) is 0 Å². The van der Waals surface area contributed by atoms with Gasteiger partial charge >= 0.3 is 19.5 Å². The Morgan fingerprint density at radius 2 is 1.69 bits per heavy atom. The molecule has 0 saturated carbocycles. The molecule has 0 amide bonds. The summed E-state index contributed by atoms with van der Waals surface area (Å²) in [6.45, 7) is 2.58. The first kappa shape index (κ1) is 15.1. The standard InChI is InChI=1S/C8H15O7P/c1-8(2,7(11)12)4-5(3-6(9)10)16(13,14)15/h5H,3-4H2,1-2H3,(H,9,10)(H,11,12)(H2,13,14,15). The molecule has 0 radical (unpaired) electrons. The van der Waals surface area contributed by atoms with Gasteiger partial charge in [0.2, 0.25) is 0 Å². The fourth-order valence-electron chi connectivity index (χ4n) is 1.19. The van der Waals surface area contributed by atoms with Crippen molar-refractivity contribution in [1.29, 1.82) is 0 Å². The van der Waals surface area contributed by atoms with E-state index >= 15 is 0 Å². The summed E-state index contributed by atoms with van der Waals surface area (Å²) in [6, 6.07) is 0. The van der Waals surface area contributed by atoms with E-state index in [0.29, 0.717) is 0 Å². The van der Waals surface area contributed by atoms with Crippen LogP contribution in [-0.4, -0.2) is 37.6 Å². The summed E-state index contributed by atoms with van der Waals surface area (Å²) in [5.41, 5.74) is -2.85. The number of aliphatic carboxylic acids is 2. The Morgan fingerprint density at radius 3 is 1.94 bits per heavy atom. The van der Waals surface area contributed by atoms with E-state index in [9.17, 15) is 14.2 Å². The van der Waals surface area contributed by atoms with Crippen LogP contribution >= 0.6 is 7.60 Å². The number of hydrogen-bond donors (Lipinski definition) is 4. The van der Waals surface area contributed by atoms with Crippen LogP contribution < -0.4 is 0 Å². The van der Waals surface area contributed by atoms with Gasteiger partial charge in [-0.2, -0.15) is 0 Å². The fourth-order valence-corrected chi connectivity index (χ4v) is 2.28. The molecule has 0 heterocycles. The van der Waals surface area contributed by atoms with E-state index in [4.69, 9.17) is 20.0 Å². The molecule has 4 N–H and O–H groups in total. The molecule has 0 aliphatic rings. The number of hydrogen-bond acceptors (Lipinski definition) is 3. The first-order valence-corrected chi connectivity index (χ1v) is 6.15. The summed E-state index contributed by atoms with van der Waals surface area (Å²) in [5, 5.41) is 17.3. The lowest BCUT2D eigenvalue weighted by Crippen LogP contribution is -2.30. The van der Waals surface area contributed by atoms with Crippen LogP contribution in [0, 0.1) is 5.41 Å². The maximum absolute atomic E-state index is 11.0. The molecule has 7 nitrogen and oxygen atoms in total. The highest BCUT2D eigenvalue weighted by Crippen LogP contribution is 2.47. The second-order valence-electron chi connectivity index (χ2n) is 4.23. The van der Waals surface area contributed by atoms with Crippen LogP contribution in [0.15, 0.2) is 0 Å². The summed E-state index contributed by atoms with van der Waals surface area (Å²) in [6.07, 6.45) is -1.14. The smallest absolute Gasteiger partial charge is 0.329 e. The minimum atomic E-state index is -4.61. The van der Waals surface area contributed by atoms with Crippen molar-refractivity contribution in [3.63, 3.8) is 0 Å². The van der Waals surface area contributed by atoms with Gasteiger partial charge in [-0.3, -0.25) is 14.2 Å². The zero-order chi connectivity index (χ0) is 13.1. The molecule has 0 rings (SSSR count). The van der Waals surface area contributed by atoms with Crippen LogP contribution in [0.1, 0.15) is 26.7 Å². The second kappa shape index (κ2) is 4.95. The molecule has 0 aromatic carbocycles. The van der Waals surface area contributed by atoms with E-state index in [2.05, 4.69) is 0 Å². The molecule has 0 bridgehead atoms. The normalized spacial score (nSPS) is 14.5. The molecule has 94 valence electrons. The Kier molecular flexibility index (Phi) is 4.67. The Hall–Kier alpha value is -0.910. The molecule has 0 aromatic rings. The molecule has 8 heteroatoms. The van der Waals surface area contributed by atoms with E-state index in [0.717, 1.165) is 0 Å². The summed E-state index contributed by atoms with van der Waals surface area (Å²) >= 11 is 0. The maximum Gasteiger partial charge on any atom is 0.329 e. The quantitative estimate of drug-likeness (QED) is 0.507. The average Bonchev–Trinajstić information content (AvgIpc) is 1.99. The molecule has 0 aromatic heterocycles. The third-order valence-electron chi connectivity index (χ3n) is 2.21. The van der Waals surface area contributed by atoms with Gasteiger partial charge in [-0.1, -0.05) is 0 Å². The second-order valence-corrected chi connectivity index (χ2v) is 6.14. The van der Waals surface area contributed by atoms with Crippen LogP contribution in [-0.2, 0) is 14.2 Å². The molecule has 0 aliphatic heterocycles. The van der Waals surface area contributed by atoms with Crippen molar-refractivity contribution in [3.05, 3.63) is 0 Å². The molecule has 16 heavy (non-hydrogen) atoms. The molecule has 0 saturated heterocycles. The topological polar surface area (TPSA) is 132 Å². The molecular formula is C8H15O7P. The SMILES string of the molecule is CC(C)(CC(CC(=O)O)P(=O)(O)O)C(=O)O. The molecule has 1 atom stereocenters. The minimum Gasteiger partial charge on any atom is -0.481 e. The first-order valence-electron chi connectivity index (χ1n) is 4.47. The Balaban J connectivity index is 4.89. The number of rotatable bonds is 6. The molecule has 1 unspecified atom stereocenters. The maximum atomic E-state index is 11.0. The van der Waals surface area contributed by atoms with Gasteiger partial charge in [-0.25, -0.2) is 0 Å². The largest absolute Gasteiger partial charge is 0.481 e. The zero-order valence-electron chi connectivity index (χ0n) is 8.95. The van der Waals surface area contributed by atoms with Gasteiger partial charge in [0.15, 0.2) is 0 Å². The van der Waals surface area contributed by atoms with Crippen molar-refractivity contribution in [3.8, 4) is 0 Å². The van der Waals surface area contributed by atoms with Crippen molar-refractivity contribution < 1.29 is 34.2 Å². The van der Waals surface area contributed by atoms with Crippen LogP contribution in [0.3, 0.4) is 0 Å². The van der Waals surface area contributed by atoms with Gasteiger partial charge in [-0.05, 0) is 20.3 Å². The summed E-state index contributed by atoms with van der Waals surface area (Å²) in [5.74, 6) is -2.59. The molecule has 0 fully saturated rings. The highest BCUT2D eigenvalue weighted by atomic mass is 31.2. The Bertz CT molecular complexity index is 329. The van der Waals surface area contributed by atoms with Crippen LogP contribution in [0.4, 0.5) is 0 Å². The third-order valence-corrected chi connectivity index (χ3v) is 3.53. The zero-order valence-corrected chi connectivity index (χ0v) is 9.85. The first-order chi connectivity index (χ1) is 6.97. The lowest BCUT2D eigenvalue weighted by Gasteiger charge is -2.25. The number of carboxylic acids is 2. The Labute approximate surface area is 92.3 Å². The van der Waals surface area contributed by atoms with E-state index in [1.807, 2.05) is 0 Å². The van der Waals surface area contributed by atoms with Gasteiger partial charge < -0.3 is 20.0 Å². The predicted molar refractivity (Wildman–Crippen MR) is 54.1 cm³/mol. The van der Waals surface area contributed by atoms with Gasteiger partial charge in [-0.15, -0.1) is 0 Å². The average molecular weight is 254 g/mol. The fraction of sp³-hybridized carbons (Fsp3) is 0.750. The molecule has 0 aliphatic carbocycles. The highest BCUT2D eigenvalue weighted by Gasteiger charge is 2.39. The van der Waals surface area contributed by atoms with E-state index in [-0.39, 0.29) is 6.42 Å².